The van der Waals surface area contributed by atoms with Crippen LogP contribution in [0.25, 0.3) is 0 Å². The predicted molar refractivity (Wildman–Crippen MR) is 93.1 cm³/mol. The molecule has 1 atom stereocenters. The highest BCUT2D eigenvalue weighted by Gasteiger charge is 2.14. The lowest BCUT2D eigenvalue weighted by Crippen LogP contribution is -2.23. The fraction of sp³-hybridized carbons (Fsp3) is 0.294. The van der Waals surface area contributed by atoms with Gasteiger partial charge >= 0.3 is 0 Å². The summed E-state index contributed by atoms with van der Waals surface area (Å²) in [6.07, 6.45) is 0.981. The number of benzene rings is 2. The van der Waals surface area contributed by atoms with Crippen molar-refractivity contribution in [3.8, 4) is 0 Å². The molecule has 0 bridgehead atoms. The molecule has 1 N–H and O–H groups in total. The van der Waals surface area contributed by atoms with Gasteiger partial charge in [-0.05, 0) is 54.8 Å². The Balaban J connectivity index is 2.26. The number of aryl methyl sites for hydroxylation is 1. The van der Waals surface area contributed by atoms with Crippen molar-refractivity contribution in [1.29, 1.82) is 0 Å². The lowest BCUT2D eigenvalue weighted by Gasteiger charge is -2.20. The van der Waals surface area contributed by atoms with E-state index in [1.165, 1.54) is 21.2 Å². The average Bonchev–Trinajstić information content (AvgIpc) is 2.38. The normalized spacial score (nSPS) is 12.4. The summed E-state index contributed by atoms with van der Waals surface area (Å²) in [7, 11) is 0. The molecule has 0 aliphatic carbocycles. The van der Waals surface area contributed by atoms with Crippen molar-refractivity contribution >= 4 is 31.9 Å². The van der Waals surface area contributed by atoms with Crippen LogP contribution >= 0.6 is 31.9 Å². The Morgan fingerprint density at radius 3 is 2.55 bits per heavy atom. The van der Waals surface area contributed by atoms with Crippen molar-refractivity contribution in [2.75, 3.05) is 6.54 Å². The van der Waals surface area contributed by atoms with E-state index in [1.807, 2.05) is 0 Å². The summed E-state index contributed by atoms with van der Waals surface area (Å²) in [5, 5.41) is 3.58. The highest BCUT2D eigenvalue weighted by atomic mass is 79.9. The monoisotopic (exact) mass is 395 g/mol. The summed E-state index contributed by atoms with van der Waals surface area (Å²) in [6.45, 7) is 5.22. The largest absolute Gasteiger partial charge is 0.310 e. The third kappa shape index (κ3) is 4.18. The summed E-state index contributed by atoms with van der Waals surface area (Å²) in [5.74, 6) is 0. The molecule has 0 saturated heterocycles. The number of hydrogen-bond donors (Lipinski definition) is 1. The molecule has 20 heavy (non-hydrogen) atoms. The molecular weight excluding hydrogens is 378 g/mol. The molecule has 0 aromatic heterocycles. The van der Waals surface area contributed by atoms with Crippen LogP contribution in [0.5, 0.6) is 0 Å². The van der Waals surface area contributed by atoms with Gasteiger partial charge in [-0.25, -0.2) is 0 Å². The van der Waals surface area contributed by atoms with Crippen LogP contribution < -0.4 is 5.32 Å². The van der Waals surface area contributed by atoms with Gasteiger partial charge in [0.05, 0.1) is 0 Å². The molecule has 0 saturated carbocycles. The number of likely N-dealkylation sites (N-methyl/N-ethyl adjacent to an activating group) is 1. The van der Waals surface area contributed by atoms with E-state index in [4.69, 9.17) is 0 Å². The molecule has 2 rings (SSSR count). The van der Waals surface area contributed by atoms with Crippen molar-refractivity contribution in [1.82, 2.24) is 5.32 Å². The first kappa shape index (κ1) is 15.7. The SMILES string of the molecule is CCNC(Cc1cccc(Br)c1)c1ccc(C)cc1Br. The fourth-order valence-corrected chi connectivity index (χ4v) is 3.57. The zero-order valence-corrected chi connectivity index (χ0v) is 15.0. The second kappa shape index (κ2) is 7.39. The fourth-order valence-electron chi connectivity index (χ4n) is 2.35. The molecule has 0 spiro atoms. The molecule has 2 aromatic carbocycles. The molecule has 0 aliphatic rings. The van der Waals surface area contributed by atoms with Crippen LogP contribution in [0.4, 0.5) is 0 Å². The first-order valence-electron chi connectivity index (χ1n) is 6.84. The summed E-state index contributed by atoms with van der Waals surface area (Å²) in [4.78, 5) is 0. The van der Waals surface area contributed by atoms with Crippen molar-refractivity contribution in [2.45, 2.75) is 26.3 Å². The van der Waals surface area contributed by atoms with Gasteiger partial charge < -0.3 is 5.32 Å². The molecule has 2 aromatic rings. The highest BCUT2D eigenvalue weighted by Crippen LogP contribution is 2.27. The van der Waals surface area contributed by atoms with Crippen LogP contribution in [-0.4, -0.2) is 6.54 Å². The van der Waals surface area contributed by atoms with Crippen LogP contribution in [0.15, 0.2) is 51.4 Å². The average molecular weight is 397 g/mol. The first-order valence-corrected chi connectivity index (χ1v) is 8.42. The Labute approximate surface area is 138 Å². The molecule has 0 radical (unpaired) electrons. The Kier molecular flexibility index (Phi) is 5.82. The molecule has 106 valence electrons. The van der Waals surface area contributed by atoms with E-state index in [2.05, 4.69) is 93.5 Å². The van der Waals surface area contributed by atoms with E-state index < -0.39 is 0 Å². The Morgan fingerprint density at radius 2 is 1.90 bits per heavy atom. The molecule has 3 heteroatoms. The predicted octanol–water partition coefficient (Wildman–Crippen LogP) is 5.41. The zero-order valence-electron chi connectivity index (χ0n) is 11.8. The van der Waals surface area contributed by atoms with E-state index in [0.29, 0.717) is 6.04 Å². The van der Waals surface area contributed by atoms with E-state index in [-0.39, 0.29) is 0 Å². The van der Waals surface area contributed by atoms with Crippen molar-refractivity contribution in [3.63, 3.8) is 0 Å². The highest BCUT2D eigenvalue weighted by molar-refractivity contribution is 9.10. The second-order valence-corrected chi connectivity index (χ2v) is 6.74. The van der Waals surface area contributed by atoms with Crippen molar-refractivity contribution < 1.29 is 0 Å². The maximum atomic E-state index is 3.70. The standard InChI is InChI=1S/C17H19Br2N/c1-3-20-17(11-13-5-4-6-14(18)10-13)15-8-7-12(2)9-16(15)19/h4-10,17,20H,3,11H2,1-2H3. The molecule has 0 aliphatic heterocycles. The van der Waals surface area contributed by atoms with Crippen LogP contribution in [-0.2, 0) is 6.42 Å². The summed E-state index contributed by atoms with van der Waals surface area (Å²) < 4.78 is 2.31. The molecule has 0 heterocycles. The minimum Gasteiger partial charge on any atom is -0.310 e. The molecule has 0 amide bonds. The topological polar surface area (TPSA) is 12.0 Å². The third-order valence-corrected chi connectivity index (χ3v) is 4.49. The maximum absolute atomic E-state index is 3.70. The molecule has 0 fully saturated rings. The van der Waals surface area contributed by atoms with Gasteiger partial charge in [0.25, 0.3) is 0 Å². The summed E-state index contributed by atoms with van der Waals surface area (Å²) >= 11 is 7.24. The number of nitrogens with one attached hydrogen (secondary N) is 1. The quantitative estimate of drug-likeness (QED) is 0.711. The summed E-state index contributed by atoms with van der Waals surface area (Å²) in [6, 6.07) is 15.4. The summed E-state index contributed by atoms with van der Waals surface area (Å²) in [5.41, 5.74) is 3.92. The van der Waals surface area contributed by atoms with Crippen molar-refractivity contribution in [3.05, 3.63) is 68.1 Å². The third-order valence-electron chi connectivity index (χ3n) is 3.31. The van der Waals surface area contributed by atoms with Gasteiger partial charge in [0.2, 0.25) is 0 Å². The van der Waals surface area contributed by atoms with Crippen LogP contribution in [0.3, 0.4) is 0 Å². The maximum Gasteiger partial charge on any atom is 0.0372 e. The number of rotatable bonds is 5. The van der Waals surface area contributed by atoms with Gasteiger partial charge in [0.1, 0.15) is 0 Å². The van der Waals surface area contributed by atoms with E-state index in [9.17, 15) is 0 Å². The van der Waals surface area contributed by atoms with Gasteiger partial charge in [0, 0.05) is 15.0 Å². The van der Waals surface area contributed by atoms with Gasteiger partial charge in [-0.3, -0.25) is 0 Å². The van der Waals surface area contributed by atoms with E-state index >= 15 is 0 Å². The van der Waals surface area contributed by atoms with E-state index in [1.54, 1.807) is 0 Å². The zero-order chi connectivity index (χ0) is 14.5. The Hall–Kier alpha value is -0.640. The van der Waals surface area contributed by atoms with Gasteiger partial charge in [0.15, 0.2) is 0 Å². The van der Waals surface area contributed by atoms with Crippen LogP contribution in [0.1, 0.15) is 29.7 Å². The Bertz CT molecular complexity index is 581. The van der Waals surface area contributed by atoms with Crippen molar-refractivity contribution in [2.24, 2.45) is 0 Å². The minimum atomic E-state index is 0.323. The number of halogens is 2. The molecular formula is C17H19Br2N. The first-order chi connectivity index (χ1) is 9.60. The lowest BCUT2D eigenvalue weighted by molar-refractivity contribution is 0.548. The molecule has 1 unspecified atom stereocenters. The van der Waals surface area contributed by atoms with Gasteiger partial charge in [-0.15, -0.1) is 0 Å². The minimum absolute atomic E-state index is 0.323. The smallest absolute Gasteiger partial charge is 0.0372 e. The van der Waals surface area contributed by atoms with Gasteiger partial charge in [-0.1, -0.05) is 63.0 Å². The lowest BCUT2D eigenvalue weighted by atomic mass is 9.98. The van der Waals surface area contributed by atoms with Crippen LogP contribution in [0.2, 0.25) is 0 Å². The van der Waals surface area contributed by atoms with Gasteiger partial charge in [-0.2, -0.15) is 0 Å². The Morgan fingerprint density at radius 1 is 1.10 bits per heavy atom. The second-order valence-electron chi connectivity index (χ2n) is 4.97. The molecule has 1 nitrogen and oxygen atoms in total. The van der Waals surface area contributed by atoms with E-state index in [0.717, 1.165) is 17.4 Å². The number of hydrogen-bond acceptors (Lipinski definition) is 1. The van der Waals surface area contributed by atoms with Crippen LogP contribution in [0, 0.1) is 6.92 Å².